The molecular formula is C25H32ClFN6O2S. The zero-order valence-electron chi connectivity index (χ0n) is 21.1. The van der Waals surface area contributed by atoms with Crippen LogP contribution >= 0.6 is 11.6 Å². The van der Waals surface area contributed by atoms with Crippen molar-refractivity contribution in [3.8, 4) is 0 Å². The van der Waals surface area contributed by atoms with E-state index in [-0.39, 0.29) is 5.02 Å². The van der Waals surface area contributed by atoms with Gasteiger partial charge in [-0.15, -0.1) is 0 Å². The van der Waals surface area contributed by atoms with Crippen molar-refractivity contribution in [1.82, 2.24) is 19.8 Å². The topological polar surface area (TPSA) is 90.5 Å². The van der Waals surface area contributed by atoms with E-state index in [9.17, 15) is 12.8 Å². The van der Waals surface area contributed by atoms with Crippen LogP contribution in [0.2, 0.25) is 5.02 Å². The van der Waals surface area contributed by atoms with E-state index in [1.807, 2.05) is 6.07 Å². The van der Waals surface area contributed by atoms with E-state index < -0.39 is 21.4 Å². The Morgan fingerprint density at radius 1 is 1.17 bits per heavy atom. The van der Waals surface area contributed by atoms with Crippen molar-refractivity contribution in [2.24, 2.45) is 0 Å². The van der Waals surface area contributed by atoms with E-state index in [1.54, 1.807) is 12.1 Å². The molecule has 1 aromatic heterocycles. The Hall–Kier alpha value is -2.53. The molecular weight excluding hydrogens is 503 g/mol. The van der Waals surface area contributed by atoms with Crippen LogP contribution in [0.3, 0.4) is 0 Å². The summed E-state index contributed by atoms with van der Waals surface area (Å²) < 4.78 is 41.0. The van der Waals surface area contributed by atoms with Crippen LogP contribution in [-0.2, 0) is 15.6 Å². The number of nitrogens with one attached hydrogen (secondary N) is 2. The third-order valence-corrected chi connectivity index (χ3v) is 7.91. The highest BCUT2D eigenvalue weighted by atomic mass is 35.5. The number of nitrogens with zero attached hydrogens (tertiary/aromatic N) is 4. The summed E-state index contributed by atoms with van der Waals surface area (Å²) in [4.78, 5) is 13.5. The number of hydrogen-bond acceptors (Lipinski definition) is 7. The van der Waals surface area contributed by atoms with Crippen LogP contribution in [0.15, 0.2) is 36.7 Å². The summed E-state index contributed by atoms with van der Waals surface area (Å²) in [6, 6.07) is 8.32. The summed E-state index contributed by atoms with van der Waals surface area (Å²) in [6.45, 7) is 6.24. The lowest BCUT2D eigenvalue weighted by atomic mass is 9.87. The fourth-order valence-corrected chi connectivity index (χ4v) is 5.48. The van der Waals surface area contributed by atoms with Crippen molar-refractivity contribution in [3.05, 3.63) is 53.1 Å². The molecule has 0 radical (unpaired) electrons. The Balaban J connectivity index is 1.79. The number of fused-ring (bicyclic) bond motifs is 1. The van der Waals surface area contributed by atoms with Crippen LogP contribution in [0.1, 0.15) is 32.3 Å². The number of benzene rings is 2. The summed E-state index contributed by atoms with van der Waals surface area (Å²) in [7, 11) is 0.658. The number of halogens is 2. The summed E-state index contributed by atoms with van der Waals surface area (Å²) >= 11 is 5.94. The van der Waals surface area contributed by atoms with E-state index in [0.717, 1.165) is 37.8 Å². The third-order valence-electron chi connectivity index (χ3n) is 7.03. The third kappa shape index (κ3) is 5.72. The number of piperidine rings is 1. The van der Waals surface area contributed by atoms with Crippen LogP contribution in [0.5, 0.6) is 0 Å². The normalized spacial score (nSPS) is 16.0. The van der Waals surface area contributed by atoms with Crippen molar-refractivity contribution in [2.75, 3.05) is 43.5 Å². The first-order chi connectivity index (χ1) is 16.8. The van der Waals surface area contributed by atoms with Gasteiger partial charge in [0.15, 0.2) is 0 Å². The molecule has 0 atom stereocenters. The molecule has 0 bridgehead atoms. The summed E-state index contributed by atoms with van der Waals surface area (Å²) in [6.07, 6.45) is 4.65. The van der Waals surface area contributed by atoms with Crippen molar-refractivity contribution in [1.29, 1.82) is 0 Å². The molecule has 2 heterocycles. The van der Waals surface area contributed by atoms with Crippen LogP contribution in [0.4, 0.5) is 21.6 Å². The maximum absolute atomic E-state index is 13.6. The van der Waals surface area contributed by atoms with Crippen molar-refractivity contribution >= 4 is 49.7 Å². The predicted octanol–water partition coefficient (Wildman–Crippen LogP) is 4.80. The van der Waals surface area contributed by atoms with Gasteiger partial charge in [-0.05, 0) is 89.8 Å². The Morgan fingerprint density at radius 3 is 2.50 bits per heavy atom. The van der Waals surface area contributed by atoms with Crippen LogP contribution in [0, 0.1) is 5.82 Å². The minimum absolute atomic E-state index is 0.0150. The molecule has 3 aromatic rings. The van der Waals surface area contributed by atoms with Crippen LogP contribution in [-0.4, -0.2) is 67.7 Å². The van der Waals surface area contributed by atoms with Crippen molar-refractivity contribution in [3.63, 3.8) is 0 Å². The first-order valence-electron chi connectivity index (χ1n) is 11.8. The van der Waals surface area contributed by atoms with Crippen LogP contribution < -0.4 is 10.0 Å². The van der Waals surface area contributed by atoms with Gasteiger partial charge < -0.3 is 10.2 Å². The predicted molar refractivity (Wildman–Crippen MR) is 144 cm³/mol. The maximum atomic E-state index is 13.6. The molecule has 1 saturated heterocycles. The number of rotatable bonds is 7. The average molecular weight is 535 g/mol. The molecule has 0 spiro atoms. The quantitative estimate of drug-likeness (QED) is 0.450. The zero-order valence-corrected chi connectivity index (χ0v) is 22.7. The molecule has 0 unspecified atom stereocenters. The van der Waals surface area contributed by atoms with Gasteiger partial charge in [0.05, 0.1) is 22.5 Å². The highest BCUT2D eigenvalue weighted by Gasteiger charge is 2.35. The fourth-order valence-electron chi connectivity index (χ4n) is 4.73. The van der Waals surface area contributed by atoms with Crippen molar-refractivity contribution in [2.45, 2.75) is 38.3 Å². The molecule has 194 valence electrons. The molecule has 2 aromatic carbocycles. The van der Waals surface area contributed by atoms with Gasteiger partial charge >= 0.3 is 0 Å². The molecule has 36 heavy (non-hydrogen) atoms. The van der Waals surface area contributed by atoms with E-state index >= 15 is 0 Å². The average Bonchev–Trinajstić information content (AvgIpc) is 2.80. The Bertz CT molecular complexity index is 1380. The molecule has 1 fully saturated rings. The van der Waals surface area contributed by atoms with Gasteiger partial charge in [0.2, 0.25) is 10.0 Å². The lowest BCUT2D eigenvalue weighted by Crippen LogP contribution is -2.49. The second-order valence-corrected chi connectivity index (χ2v) is 12.1. The number of sulfonamides is 1. The Labute approximate surface area is 216 Å². The highest BCUT2D eigenvalue weighted by Crippen LogP contribution is 2.39. The second kappa shape index (κ2) is 10.1. The van der Waals surface area contributed by atoms with E-state index in [0.29, 0.717) is 34.1 Å². The number of likely N-dealkylation sites (tertiary alicyclic amines) is 1. The summed E-state index contributed by atoms with van der Waals surface area (Å²) in [5.74, 6) is -0.0674. The van der Waals surface area contributed by atoms with Gasteiger partial charge in [-0.2, -0.15) is 0 Å². The monoisotopic (exact) mass is 534 g/mol. The summed E-state index contributed by atoms with van der Waals surface area (Å²) in [5, 5.41) is 3.75. The number of aromatic nitrogens is 2. The fraction of sp³-hybridized carbons (Fsp3) is 0.440. The minimum atomic E-state index is -3.56. The lowest BCUT2D eigenvalue weighted by molar-refractivity contribution is 0.0594. The van der Waals surface area contributed by atoms with E-state index in [2.05, 4.69) is 57.7 Å². The van der Waals surface area contributed by atoms with Crippen molar-refractivity contribution < 1.29 is 12.8 Å². The summed E-state index contributed by atoms with van der Waals surface area (Å²) in [5.41, 5.74) is 1.98. The first kappa shape index (κ1) is 26.5. The van der Waals surface area contributed by atoms with E-state index in [1.165, 1.54) is 18.5 Å². The van der Waals surface area contributed by atoms with E-state index in [4.69, 9.17) is 11.6 Å². The first-order valence-corrected chi connectivity index (χ1v) is 14.0. The standard InChI is InChI=1S/C25H32ClFN6O2S/c1-25(2,33(4)17-8-10-32(3)11-9-17)19-14-22-18(13-23(19)31-36(5,34)35)24(29-15-28-22)30-16-6-7-21(27)20(26)12-16/h6-7,12-15,17,31H,8-11H2,1-5H3,(H,28,29,30). The number of anilines is 3. The molecule has 2 N–H and O–H groups in total. The molecule has 0 aliphatic carbocycles. The Kier molecular flexibility index (Phi) is 7.43. The van der Waals surface area contributed by atoms with Gasteiger partial charge in [0.25, 0.3) is 0 Å². The molecule has 11 heteroatoms. The van der Waals surface area contributed by atoms with Gasteiger partial charge in [-0.3, -0.25) is 9.62 Å². The zero-order chi connectivity index (χ0) is 26.3. The highest BCUT2D eigenvalue weighted by molar-refractivity contribution is 7.92. The lowest BCUT2D eigenvalue weighted by Gasteiger charge is -2.45. The smallest absolute Gasteiger partial charge is 0.229 e. The largest absolute Gasteiger partial charge is 0.340 e. The number of hydrogen-bond donors (Lipinski definition) is 2. The molecule has 0 amide bonds. The molecule has 1 aliphatic rings. The Morgan fingerprint density at radius 2 is 1.86 bits per heavy atom. The van der Waals surface area contributed by atoms with Gasteiger partial charge in [0, 0.05) is 22.7 Å². The minimum Gasteiger partial charge on any atom is -0.340 e. The SMILES string of the molecule is CN1CCC(N(C)C(C)(C)c2cc3ncnc(Nc4ccc(F)c(Cl)c4)c3cc2NS(C)(=O)=O)CC1. The maximum Gasteiger partial charge on any atom is 0.229 e. The molecule has 0 saturated carbocycles. The molecule has 8 nitrogen and oxygen atoms in total. The van der Waals surface area contributed by atoms with Gasteiger partial charge in [-0.25, -0.2) is 22.8 Å². The molecule has 1 aliphatic heterocycles. The second-order valence-electron chi connectivity index (χ2n) is 9.97. The van der Waals surface area contributed by atoms with Gasteiger partial charge in [-0.1, -0.05) is 11.6 Å². The van der Waals surface area contributed by atoms with Crippen LogP contribution in [0.25, 0.3) is 10.9 Å². The van der Waals surface area contributed by atoms with Gasteiger partial charge in [0.1, 0.15) is 18.0 Å². The molecule has 4 rings (SSSR count).